The molecule has 1 amide bonds. The van der Waals surface area contributed by atoms with Crippen LogP contribution in [0.25, 0.3) is 11.4 Å². The van der Waals surface area contributed by atoms with Crippen LogP contribution in [-0.2, 0) is 25.9 Å². The van der Waals surface area contributed by atoms with Crippen molar-refractivity contribution in [1.29, 1.82) is 0 Å². The molecule has 7 heteroatoms. The maximum atomic E-state index is 11.5. The Balaban J connectivity index is 1.87. The van der Waals surface area contributed by atoms with E-state index in [1.807, 2.05) is 0 Å². The molecule has 0 saturated carbocycles. The normalized spacial score (nSPS) is 17.1. The molecule has 6 nitrogen and oxygen atoms in total. The van der Waals surface area contributed by atoms with Gasteiger partial charge in [0.15, 0.2) is 0 Å². The molecule has 0 fully saturated rings. The number of nitrogens with zero attached hydrogens (tertiary/aromatic N) is 4. The molecule has 2 aromatic rings. The zero-order valence-electron chi connectivity index (χ0n) is 11.0. The molecule has 0 radical (unpaired) electrons. The number of carbonyl (C=O) groups excluding carboxylic acids is 1. The Bertz CT molecular complexity index is 689. The molecule has 4 rings (SSSR count). The summed E-state index contributed by atoms with van der Waals surface area (Å²) >= 11 is 3.94. The first-order chi connectivity index (χ1) is 9.74. The van der Waals surface area contributed by atoms with E-state index >= 15 is 0 Å². The van der Waals surface area contributed by atoms with Crippen molar-refractivity contribution >= 4 is 17.9 Å². The van der Waals surface area contributed by atoms with E-state index in [1.165, 1.54) is 5.69 Å². The van der Waals surface area contributed by atoms with Crippen molar-refractivity contribution in [2.45, 2.75) is 32.4 Å². The molecule has 0 aliphatic carbocycles. The number of H-pyrrole nitrogens is 1. The Hall–Kier alpha value is -1.76. The van der Waals surface area contributed by atoms with E-state index in [9.17, 15) is 4.79 Å². The van der Waals surface area contributed by atoms with Gasteiger partial charge in [-0.3, -0.25) is 9.48 Å². The third-order valence-electron chi connectivity index (χ3n) is 4.11. The summed E-state index contributed by atoms with van der Waals surface area (Å²) in [5, 5.41) is 4.55. The van der Waals surface area contributed by atoms with Crippen LogP contribution in [0.3, 0.4) is 0 Å². The average Bonchev–Trinajstić information content (AvgIpc) is 2.98. The predicted molar refractivity (Wildman–Crippen MR) is 76.6 cm³/mol. The van der Waals surface area contributed by atoms with Crippen LogP contribution in [0.5, 0.6) is 0 Å². The summed E-state index contributed by atoms with van der Waals surface area (Å²) in [5.41, 5.74) is 5.47. The molecule has 0 saturated heterocycles. The average molecular weight is 289 g/mol. The van der Waals surface area contributed by atoms with E-state index < -0.39 is 0 Å². The first-order valence-corrected chi connectivity index (χ1v) is 7.28. The van der Waals surface area contributed by atoms with Gasteiger partial charge < -0.3 is 9.88 Å². The van der Waals surface area contributed by atoms with Crippen molar-refractivity contribution in [3.63, 3.8) is 0 Å². The summed E-state index contributed by atoms with van der Waals surface area (Å²) < 4.78 is 2.06. The molecular weight excluding hydrogens is 274 g/mol. The van der Waals surface area contributed by atoms with Gasteiger partial charge in [-0.1, -0.05) is 12.6 Å². The van der Waals surface area contributed by atoms with E-state index in [2.05, 4.69) is 27.3 Å². The highest BCUT2D eigenvalue weighted by Crippen LogP contribution is 2.33. The van der Waals surface area contributed by atoms with Crippen molar-refractivity contribution in [3.8, 4) is 11.4 Å². The van der Waals surface area contributed by atoms with Gasteiger partial charge in [-0.2, -0.15) is 5.10 Å². The highest BCUT2D eigenvalue weighted by Gasteiger charge is 2.29. The molecule has 0 bridgehead atoms. The first kappa shape index (κ1) is 12.0. The zero-order chi connectivity index (χ0) is 13.7. The van der Waals surface area contributed by atoms with Gasteiger partial charge in [0.2, 0.25) is 0 Å². The number of fused-ring (bicyclic) bond motifs is 5. The first-order valence-electron chi connectivity index (χ1n) is 6.83. The second-order valence-electron chi connectivity index (χ2n) is 5.28. The van der Waals surface area contributed by atoms with E-state index in [1.54, 1.807) is 11.2 Å². The minimum absolute atomic E-state index is 0.175. The topological polar surface area (TPSA) is 66.8 Å². The lowest BCUT2D eigenvalue weighted by Gasteiger charge is -2.24. The van der Waals surface area contributed by atoms with Crippen molar-refractivity contribution in [1.82, 2.24) is 24.6 Å². The Morgan fingerprint density at radius 3 is 3.10 bits per heavy atom. The van der Waals surface area contributed by atoms with Crippen LogP contribution < -0.4 is 0 Å². The summed E-state index contributed by atoms with van der Waals surface area (Å²) in [7, 11) is 0. The van der Waals surface area contributed by atoms with Crippen molar-refractivity contribution in [3.05, 3.63) is 23.3 Å². The number of nitrogens with one attached hydrogen (secondary N) is 1. The van der Waals surface area contributed by atoms with E-state index in [4.69, 9.17) is 5.10 Å². The fourth-order valence-electron chi connectivity index (χ4n) is 3.14. The Morgan fingerprint density at radius 2 is 2.25 bits per heavy atom. The van der Waals surface area contributed by atoms with E-state index in [0.29, 0.717) is 13.1 Å². The fraction of sp³-hybridized carbons (Fsp3) is 0.462. The zero-order valence-corrected chi connectivity index (χ0v) is 11.9. The van der Waals surface area contributed by atoms with E-state index in [0.717, 1.165) is 48.5 Å². The van der Waals surface area contributed by atoms with Crippen LogP contribution in [-0.4, -0.2) is 36.4 Å². The number of imidazole rings is 1. The lowest BCUT2D eigenvalue weighted by molar-refractivity contribution is 0.218. The smallest absolute Gasteiger partial charge is 0.278 e. The highest BCUT2D eigenvalue weighted by molar-refractivity contribution is 7.96. The number of hydrogen-bond donors (Lipinski definition) is 2. The molecule has 0 unspecified atom stereocenters. The Kier molecular flexibility index (Phi) is 2.63. The highest BCUT2D eigenvalue weighted by atomic mass is 32.1. The number of aryl methyl sites for hydroxylation is 2. The molecule has 4 heterocycles. The van der Waals surface area contributed by atoms with Crippen LogP contribution in [0.4, 0.5) is 4.79 Å². The summed E-state index contributed by atoms with van der Waals surface area (Å²) in [4.78, 5) is 20.9. The standard InChI is InChI=1S/C13H15N5OS/c19-13(20)17-5-3-9-8(6-17)12-11-10(14-7-15-11)2-1-4-18(12)16-9/h7H,1-6H2,(H,14,15)(H,19,20). The summed E-state index contributed by atoms with van der Waals surface area (Å²) in [6, 6.07) is 0. The van der Waals surface area contributed by atoms with Crippen molar-refractivity contribution in [2.75, 3.05) is 6.54 Å². The van der Waals surface area contributed by atoms with E-state index in [-0.39, 0.29) is 5.24 Å². The van der Waals surface area contributed by atoms with Gasteiger partial charge in [0.25, 0.3) is 5.24 Å². The summed E-state index contributed by atoms with van der Waals surface area (Å²) in [5.74, 6) is 0. The Labute approximate surface area is 121 Å². The monoisotopic (exact) mass is 289 g/mol. The van der Waals surface area contributed by atoms with Crippen LogP contribution in [0.1, 0.15) is 23.4 Å². The van der Waals surface area contributed by atoms with Gasteiger partial charge in [0.1, 0.15) is 5.69 Å². The molecule has 0 atom stereocenters. The number of carbonyl (C=O) groups is 1. The van der Waals surface area contributed by atoms with Crippen LogP contribution >= 0.6 is 12.6 Å². The lowest BCUT2D eigenvalue weighted by Crippen LogP contribution is -2.32. The molecule has 0 spiro atoms. The molecule has 2 aromatic heterocycles. The summed E-state index contributed by atoms with van der Waals surface area (Å²) in [6.45, 7) is 2.18. The van der Waals surface area contributed by atoms with Gasteiger partial charge in [-0.15, -0.1) is 0 Å². The SMILES string of the molecule is O=C(S)N1CCc2nn3c(c2C1)-c1nc[nH]c1CCC3. The Morgan fingerprint density at radius 1 is 1.35 bits per heavy atom. The molecule has 0 aromatic carbocycles. The predicted octanol–water partition coefficient (Wildman–Crippen LogP) is 1.63. The summed E-state index contributed by atoms with van der Waals surface area (Å²) in [6.07, 6.45) is 4.58. The molecule has 2 aliphatic rings. The maximum Gasteiger partial charge on any atom is 0.278 e. The third kappa shape index (κ3) is 1.69. The largest absolute Gasteiger partial charge is 0.348 e. The van der Waals surface area contributed by atoms with Gasteiger partial charge in [-0.05, 0) is 12.8 Å². The number of amides is 1. The second kappa shape index (κ2) is 4.37. The minimum Gasteiger partial charge on any atom is -0.348 e. The number of aromatic nitrogens is 4. The number of rotatable bonds is 0. The van der Waals surface area contributed by atoms with Gasteiger partial charge in [-0.25, -0.2) is 4.98 Å². The van der Waals surface area contributed by atoms with Gasteiger partial charge in [0, 0.05) is 30.8 Å². The van der Waals surface area contributed by atoms with Crippen LogP contribution in [0.2, 0.25) is 0 Å². The van der Waals surface area contributed by atoms with Gasteiger partial charge in [0.05, 0.1) is 24.3 Å². The molecule has 1 N–H and O–H groups in total. The van der Waals surface area contributed by atoms with Gasteiger partial charge >= 0.3 is 0 Å². The van der Waals surface area contributed by atoms with Crippen LogP contribution in [0.15, 0.2) is 6.33 Å². The number of aromatic amines is 1. The molecular formula is C13H15N5OS. The minimum atomic E-state index is -0.175. The van der Waals surface area contributed by atoms with Crippen molar-refractivity contribution < 1.29 is 4.79 Å². The number of thiol groups is 1. The quantitative estimate of drug-likeness (QED) is 0.724. The second-order valence-corrected chi connectivity index (χ2v) is 5.67. The maximum absolute atomic E-state index is 11.5. The number of hydrogen-bond acceptors (Lipinski definition) is 3. The molecule has 2 aliphatic heterocycles. The van der Waals surface area contributed by atoms with Crippen molar-refractivity contribution in [2.24, 2.45) is 0 Å². The molecule has 104 valence electrons. The third-order valence-corrected chi connectivity index (χ3v) is 4.39. The fourth-order valence-corrected chi connectivity index (χ4v) is 3.31. The lowest BCUT2D eigenvalue weighted by atomic mass is 10.0. The molecule has 20 heavy (non-hydrogen) atoms. The van der Waals surface area contributed by atoms with Crippen LogP contribution in [0, 0.1) is 0 Å².